The summed E-state index contributed by atoms with van der Waals surface area (Å²) in [6, 6.07) is 17.0. The summed E-state index contributed by atoms with van der Waals surface area (Å²) in [6.07, 6.45) is 2.93. The summed E-state index contributed by atoms with van der Waals surface area (Å²) in [7, 11) is -3.69. The lowest BCUT2D eigenvalue weighted by molar-refractivity contribution is 0.0953. The molecule has 0 bridgehead atoms. The standard InChI is InChI=1S/C22H22N4O4S/c27-22(23-13-3-8-21-25-19-6-1-2-7-20(19)26-21)16-9-11-18(12-10-16)31(28,29)24-15-17-5-4-14-30-17/h1-2,4-7,9-12,14,24H,3,8,13,15H2,(H,23,27)(H,25,26). The molecule has 160 valence electrons. The molecule has 0 unspecified atom stereocenters. The number of fused-ring (bicyclic) bond motifs is 1. The molecule has 0 atom stereocenters. The average Bonchev–Trinajstić information content (AvgIpc) is 3.44. The SMILES string of the molecule is O=C(NCCCc1nc2ccccc2[nH]1)c1ccc(S(=O)(=O)NCc2ccco2)cc1. The number of rotatable bonds is 9. The molecule has 4 aromatic rings. The molecule has 0 spiro atoms. The number of hydrogen-bond donors (Lipinski definition) is 3. The molecular weight excluding hydrogens is 416 g/mol. The van der Waals surface area contributed by atoms with E-state index >= 15 is 0 Å². The molecule has 2 aromatic carbocycles. The van der Waals surface area contributed by atoms with Crippen molar-refractivity contribution in [3.8, 4) is 0 Å². The van der Waals surface area contributed by atoms with Gasteiger partial charge in [0.1, 0.15) is 11.6 Å². The molecule has 0 aliphatic heterocycles. The van der Waals surface area contributed by atoms with Crippen LogP contribution in [-0.4, -0.2) is 30.8 Å². The van der Waals surface area contributed by atoms with Gasteiger partial charge in [-0.1, -0.05) is 12.1 Å². The Morgan fingerprint density at radius 1 is 1.03 bits per heavy atom. The maximum absolute atomic E-state index is 12.4. The van der Waals surface area contributed by atoms with Gasteiger partial charge in [0.05, 0.1) is 28.7 Å². The maximum Gasteiger partial charge on any atom is 0.251 e. The van der Waals surface area contributed by atoms with Crippen molar-refractivity contribution in [2.75, 3.05) is 6.54 Å². The van der Waals surface area contributed by atoms with Gasteiger partial charge in [0.25, 0.3) is 5.91 Å². The van der Waals surface area contributed by atoms with Crippen molar-refractivity contribution in [3.05, 3.63) is 84.1 Å². The summed E-state index contributed by atoms with van der Waals surface area (Å²) in [5, 5.41) is 2.85. The summed E-state index contributed by atoms with van der Waals surface area (Å²) in [4.78, 5) is 20.2. The lowest BCUT2D eigenvalue weighted by Crippen LogP contribution is -2.25. The minimum Gasteiger partial charge on any atom is -0.468 e. The highest BCUT2D eigenvalue weighted by molar-refractivity contribution is 7.89. The molecule has 0 radical (unpaired) electrons. The van der Waals surface area contributed by atoms with E-state index in [2.05, 4.69) is 20.0 Å². The number of imidazole rings is 1. The first-order chi connectivity index (χ1) is 15.0. The Morgan fingerprint density at radius 3 is 2.58 bits per heavy atom. The van der Waals surface area contributed by atoms with Crippen LogP contribution >= 0.6 is 0 Å². The zero-order valence-electron chi connectivity index (χ0n) is 16.7. The lowest BCUT2D eigenvalue weighted by atomic mass is 10.2. The van der Waals surface area contributed by atoms with Gasteiger partial charge in [0, 0.05) is 18.5 Å². The first-order valence-corrected chi connectivity index (χ1v) is 11.3. The van der Waals surface area contributed by atoms with Crippen LogP contribution in [0.25, 0.3) is 11.0 Å². The van der Waals surface area contributed by atoms with E-state index in [1.807, 2.05) is 24.3 Å². The molecule has 31 heavy (non-hydrogen) atoms. The molecule has 1 amide bonds. The van der Waals surface area contributed by atoms with Gasteiger partial charge >= 0.3 is 0 Å². The molecule has 3 N–H and O–H groups in total. The summed E-state index contributed by atoms with van der Waals surface area (Å²) < 4.78 is 32.3. The summed E-state index contributed by atoms with van der Waals surface area (Å²) in [6.45, 7) is 0.545. The highest BCUT2D eigenvalue weighted by atomic mass is 32.2. The quantitative estimate of drug-likeness (QED) is 0.347. The number of nitrogens with one attached hydrogen (secondary N) is 3. The largest absolute Gasteiger partial charge is 0.468 e. The zero-order valence-corrected chi connectivity index (χ0v) is 17.5. The Balaban J connectivity index is 1.26. The van der Waals surface area contributed by atoms with Crippen LogP contribution in [0.1, 0.15) is 28.4 Å². The minimum absolute atomic E-state index is 0.0583. The smallest absolute Gasteiger partial charge is 0.251 e. The normalized spacial score (nSPS) is 11.6. The van der Waals surface area contributed by atoms with E-state index in [0.717, 1.165) is 23.3 Å². The van der Waals surface area contributed by atoms with Gasteiger partial charge in [-0.25, -0.2) is 18.1 Å². The van der Waals surface area contributed by atoms with Crippen molar-refractivity contribution in [1.29, 1.82) is 0 Å². The highest BCUT2D eigenvalue weighted by Gasteiger charge is 2.15. The molecule has 2 heterocycles. The van der Waals surface area contributed by atoms with Gasteiger partial charge in [-0.2, -0.15) is 0 Å². The van der Waals surface area contributed by atoms with Gasteiger partial charge in [-0.15, -0.1) is 0 Å². The van der Waals surface area contributed by atoms with Crippen molar-refractivity contribution in [1.82, 2.24) is 20.0 Å². The van der Waals surface area contributed by atoms with Crippen LogP contribution < -0.4 is 10.0 Å². The molecule has 4 rings (SSSR count). The number of furan rings is 1. The lowest BCUT2D eigenvalue weighted by Gasteiger charge is -2.07. The van der Waals surface area contributed by atoms with Crippen molar-refractivity contribution in [2.45, 2.75) is 24.3 Å². The van der Waals surface area contributed by atoms with E-state index in [-0.39, 0.29) is 17.3 Å². The second-order valence-electron chi connectivity index (χ2n) is 6.99. The second-order valence-corrected chi connectivity index (χ2v) is 8.76. The average molecular weight is 439 g/mol. The Labute approximate surface area is 179 Å². The van der Waals surface area contributed by atoms with Crippen LogP contribution in [0.15, 0.2) is 76.2 Å². The van der Waals surface area contributed by atoms with Crippen LogP contribution in [0.3, 0.4) is 0 Å². The number of hydrogen-bond acceptors (Lipinski definition) is 5. The number of aryl methyl sites for hydroxylation is 1. The van der Waals surface area contributed by atoms with E-state index in [1.165, 1.54) is 30.5 Å². The molecule has 0 aliphatic rings. The summed E-state index contributed by atoms with van der Waals surface area (Å²) in [5.74, 6) is 1.14. The molecule has 8 nitrogen and oxygen atoms in total. The number of para-hydroxylation sites is 2. The second kappa shape index (κ2) is 9.15. The van der Waals surface area contributed by atoms with Gasteiger partial charge in [0.2, 0.25) is 10.0 Å². The van der Waals surface area contributed by atoms with Gasteiger partial charge in [-0.3, -0.25) is 4.79 Å². The Morgan fingerprint density at radius 2 is 1.84 bits per heavy atom. The number of carbonyl (C=O) groups excluding carboxylic acids is 1. The fourth-order valence-electron chi connectivity index (χ4n) is 3.13. The maximum atomic E-state index is 12.4. The first-order valence-electron chi connectivity index (χ1n) is 9.85. The fraction of sp³-hybridized carbons (Fsp3) is 0.182. The Bertz CT molecular complexity index is 1230. The number of amides is 1. The third-order valence-corrected chi connectivity index (χ3v) is 6.17. The van der Waals surface area contributed by atoms with Crippen molar-refractivity contribution in [2.24, 2.45) is 0 Å². The van der Waals surface area contributed by atoms with Crippen LogP contribution in [0.5, 0.6) is 0 Å². The molecular formula is C22H22N4O4S. The van der Waals surface area contributed by atoms with Gasteiger partial charge in [0.15, 0.2) is 0 Å². The van der Waals surface area contributed by atoms with Crippen LogP contribution in [0.2, 0.25) is 0 Å². The van der Waals surface area contributed by atoms with Crippen molar-refractivity contribution >= 4 is 27.0 Å². The van der Waals surface area contributed by atoms with Crippen molar-refractivity contribution in [3.63, 3.8) is 0 Å². The monoisotopic (exact) mass is 438 g/mol. The fourth-order valence-corrected chi connectivity index (χ4v) is 4.13. The van der Waals surface area contributed by atoms with E-state index in [0.29, 0.717) is 24.3 Å². The predicted molar refractivity (Wildman–Crippen MR) is 116 cm³/mol. The van der Waals surface area contributed by atoms with E-state index in [1.54, 1.807) is 12.1 Å². The third kappa shape index (κ3) is 5.19. The number of benzene rings is 2. The first kappa shape index (κ1) is 20.8. The molecule has 2 aromatic heterocycles. The van der Waals surface area contributed by atoms with Crippen LogP contribution in [0, 0.1) is 0 Å². The van der Waals surface area contributed by atoms with Crippen LogP contribution in [0.4, 0.5) is 0 Å². The summed E-state index contributed by atoms with van der Waals surface area (Å²) >= 11 is 0. The predicted octanol–water partition coefficient (Wildman–Crippen LogP) is 3.00. The summed E-state index contributed by atoms with van der Waals surface area (Å²) in [5.41, 5.74) is 2.32. The molecule has 9 heteroatoms. The van der Waals surface area contributed by atoms with E-state index in [4.69, 9.17) is 4.42 Å². The Kier molecular flexibility index (Phi) is 6.15. The van der Waals surface area contributed by atoms with E-state index < -0.39 is 10.0 Å². The minimum atomic E-state index is -3.69. The Hall–Kier alpha value is -3.43. The number of aromatic amines is 1. The number of carbonyl (C=O) groups is 1. The van der Waals surface area contributed by atoms with Gasteiger partial charge in [-0.05, 0) is 55.0 Å². The number of sulfonamides is 1. The van der Waals surface area contributed by atoms with Crippen LogP contribution in [-0.2, 0) is 23.0 Å². The molecule has 0 saturated carbocycles. The van der Waals surface area contributed by atoms with E-state index in [9.17, 15) is 13.2 Å². The molecule has 0 saturated heterocycles. The molecule has 0 aliphatic carbocycles. The van der Waals surface area contributed by atoms with Gasteiger partial charge < -0.3 is 14.7 Å². The third-order valence-electron chi connectivity index (χ3n) is 4.76. The number of aromatic nitrogens is 2. The topological polar surface area (TPSA) is 117 Å². The van der Waals surface area contributed by atoms with Crippen molar-refractivity contribution < 1.29 is 17.6 Å². The molecule has 0 fully saturated rings. The zero-order chi connectivity index (χ0) is 21.7. The number of nitrogens with zero attached hydrogens (tertiary/aromatic N) is 1. The number of H-pyrrole nitrogens is 1. The highest BCUT2D eigenvalue weighted by Crippen LogP contribution is 2.13.